The Labute approximate surface area is 201 Å². The molecule has 10 heteroatoms. The third-order valence-electron chi connectivity index (χ3n) is 4.87. The number of halogens is 1. The molecular weight excluding hydrogens is 480 g/mol. The van der Waals surface area contributed by atoms with Gasteiger partial charge in [-0.05, 0) is 53.4 Å². The average Bonchev–Trinajstić information content (AvgIpc) is 3.45. The molecule has 0 aliphatic carbocycles. The molecule has 2 aromatic heterocycles. The van der Waals surface area contributed by atoms with E-state index in [2.05, 4.69) is 11.7 Å². The van der Waals surface area contributed by atoms with Gasteiger partial charge in [0.2, 0.25) is 0 Å². The Bertz CT molecular complexity index is 1570. The number of aromatic nitrogens is 2. The number of nitrogens with zero attached hydrogens (tertiary/aromatic N) is 1. The first-order chi connectivity index (χ1) is 16.3. The summed E-state index contributed by atoms with van der Waals surface area (Å²) in [7, 11) is 1.44. The highest BCUT2D eigenvalue weighted by atomic mass is 35.5. The molecule has 8 nitrogen and oxygen atoms in total. The summed E-state index contributed by atoms with van der Waals surface area (Å²) in [4.78, 5) is 37.1. The highest BCUT2D eigenvalue weighted by molar-refractivity contribution is 7.12. The van der Waals surface area contributed by atoms with Crippen LogP contribution in [0.2, 0.25) is 5.02 Å². The van der Waals surface area contributed by atoms with Crippen molar-refractivity contribution in [3.05, 3.63) is 95.9 Å². The van der Waals surface area contributed by atoms with Crippen molar-refractivity contribution in [2.24, 2.45) is 0 Å². The SMILES string of the molecule is C=c1[nH]n(-c2ccc(Cl)c(C(=O)O)c2)c(=O)/c1=C/c1ccc(OC(=O)c2cccs2)c(OC)c1. The number of rotatable bonds is 6. The maximum Gasteiger partial charge on any atom is 0.353 e. The van der Waals surface area contributed by atoms with E-state index in [4.69, 9.17) is 21.1 Å². The third kappa shape index (κ3) is 4.52. The Morgan fingerprint density at radius 2 is 1.97 bits per heavy atom. The number of carboxylic acids is 1. The molecule has 0 atom stereocenters. The van der Waals surface area contributed by atoms with Gasteiger partial charge in [-0.3, -0.25) is 9.89 Å². The molecule has 0 amide bonds. The van der Waals surface area contributed by atoms with Crippen molar-refractivity contribution in [1.29, 1.82) is 0 Å². The Kier molecular flexibility index (Phi) is 6.40. The number of nitrogens with one attached hydrogen (secondary N) is 1. The fourth-order valence-electron chi connectivity index (χ4n) is 3.21. The van der Waals surface area contributed by atoms with Gasteiger partial charge >= 0.3 is 11.9 Å². The fraction of sp³-hybridized carbons (Fsp3) is 0.0417. The molecule has 2 aromatic carbocycles. The second kappa shape index (κ2) is 9.42. The van der Waals surface area contributed by atoms with Crippen LogP contribution in [-0.4, -0.2) is 33.9 Å². The molecule has 2 heterocycles. The monoisotopic (exact) mass is 496 g/mol. The second-order valence-corrected chi connectivity index (χ2v) is 8.39. The van der Waals surface area contributed by atoms with Crippen LogP contribution < -0.4 is 25.6 Å². The number of H-pyrrole nitrogens is 1. The molecule has 4 rings (SSSR count). The predicted molar refractivity (Wildman–Crippen MR) is 129 cm³/mol. The van der Waals surface area contributed by atoms with Crippen molar-refractivity contribution in [3.63, 3.8) is 0 Å². The molecule has 0 unspecified atom stereocenters. The first-order valence-corrected chi connectivity index (χ1v) is 11.0. The molecule has 0 saturated heterocycles. The van der Waals surface area contributed by atoms with Crippen LogP contribution in [0, 0.1) is 0 Å². The molecule has 0 aliphatic heterocycles. The molecule has 0 saturated carbocycles. The van der Waals surface area contributed by atoms with Crippen LogP contribution in [0.25, 0.3) is 18.3 Å². The van der Waals surface area contributed by atoms with Gasteiger partial charge in [-0.15, -0.1) is 11.3 Å². The number of methoxy groups -OCH3 is 1. The number of carbonyl (C=O) groups excluding carboxylic acids is 1. The fourth-order valence-corrected chi connectivity index (χ4v) is 4.01. The van der Waals surface area contributed by atoms with Gasteiger partial charge in [-0.25, -0.2) is 14.3 Å². The molecule has 0 aliphatic rings. The molecule has 34 heavy (non-hydrogen) atoms. The number of esters is 1. The molecule has 0 radical (unpaired) electrons. The molecule has 0 bridgehead atoms. The first-order valence-electron chi connectivity index (χ1n) is 9.77. The van der Waals surface area contributed by atoms with Gasteiger partial charge in [0.05, 0.1) is 34.0 Å². The number of ether oxygens (including phenoxy) is 2. The Hall–Kier alpha value is -4.08. The van der Waals surface area contributed by atoms with Crippen LogP contribution in [0.3, 0.4) is 0 Å². The Balaban J connectivity index is 1.71. The molecular formula is C24H17ClN2O6S. The van der Waals surface area contributed by atoms with Gasteiger partial charge in [0.15, 0.2) is 11.5 Å². The summed E-state index contributed by atoms with van der Waals surface area (Å²) in [6, 6.07) is 12.5. The lowest BCUT2D eigenvalue weighted by molar-refractivity contribution is 0.0694. The van der Waals surface area contributed by atoms with Crippen molar-refractivity contribution >= 4 is 47.5 Å². The van der Waals surface area contributed by atoms with E-state index in [0.717, 1.165) is 0 Å². The van der Waals surface area contributed by atoms with E-state index in [9.17, 15) is 19.5 Å². The lowest BCUT2D eigenvalue weighted by Crippen LogP contribution is -2.34. The number of hydrogen-bond donors (Lipinski definition) is 2. The van der Waals surface area contributed by atoms with Crippen molar-refractivity contribution in [2.45, 2.75) is 0 Å². The van der Waals surface area contributed by atoms with E-state index >= 15 is 0 Å². The predicted octanol–water partition coefficient (Wildman–Crippen LogP) is 3.05. The van der Waals surface area contributed by atoms with Gasteiger partial charge in [0.1, 0.15) is 4.88 Å². The summed E-state index contributed by atoms with van der Waals surface area (Å²) in [5, 5.41) is 14.6. The zero-order chi connectivity index (χ0) is 24.4. The zero-order valence-electron chi connectivity index (χ0n) is 17.7. The number of aromatic carboxylic acids is 1. The highest BCUT2D eigenvalue weighted by Crippen LogP contribution is 2.29. The minimum Gasteiger partial charge on any atom is -0.493 e. The van der Waals surface area contributed by atoms with E-state index in [1.807, 2.05) is 0 Å². The minimum atomic E-state index is -1.21. The maximum atomic E-state index is 13.0. The highest BCUT2D eigenvalue weighted by Gasteiger charge is 2.15. The summed E-state index contributed by atoms with van der Waals surface area (Å²) >= 11 is 7.19. The molecule has 0 spiro atoms. The smallest absolute Gasteiger partial charge is 0.353 e. The van der Waals surface area contributed by atoms with Crippen LogP contribution in [-0.2, 0) is 0 Å². The topological polar surface area (TPSA) is 111 Å². The number of carboxylic acid groups (broad SMARTS) is 1. The number of benzene rings is 2. The number of hydrogen-bond acceptors (Lipinski definition) is 6. The lowest BCUT2D eigenvalue weighted by atomic mass is 10.1. The van der Waals surface area contributed by atoms with Gasteiger partial charge < -0.3 is 14.6 Å². The van der Waals surface area contributed by atoms with E-state index in [0.29, 0.717) is 27.2 Å². The van der Waals surface area contributed by atoms with Crippen LogP contribution in [0.4, 0.5) is 0 Å². The average molecular weight is 497 g/mol. The van der Waals surface area contributed by atoms with E-state index < -0.39 is 17.5 Å². The Morgan fingerprint density at radius 1 is 1.18 bits per heavy atom. The summed E-state index contributed by atoms with van der Waals surface area (Å²) < 4.78 is 12.0. The van der Waals surface area contributed by atoms with E-state index in [1.165, 1.54) is 41.3 Å². The van der Waals surface area contributed by atoms with E-state index in [1.54, 1.807) is 41.8 Å². The quantitative estimate of drug-likeness (QED) is 0.313. The number of carbonyl (C=O) groups is 2. The second-order valence-electron chi connectivity index (χ2n) is 7.04. The van der Waals surface area contributed by atoms with Gasteiger partial charge in [-0.1, -0.05) is 30.3 Å². The number of thiophene rings is 1. The van der Waals surface area contributed by atoms with Crippen LogP contribution >= 0.6 is 22.9 Å². The van der Waals surface area contributed by atoms with E-state index in [-0.39, 0.29) is 21.6 Å². The Morgan fingerprint density at radius 3 is 2.65 bits per heavy atom. The lowest BCUT2D eigenvalue weighted by Gasteiger charge is -2.09. The molecule has 172 valence electrons. The zero-order valence-corrected chi connectivity index (χ0v) is 19.3. The van der Waals surface area contributed by atoms with Crippen molar-refractivity contribution < 1.29 is 24.2 Å². The van der Waals surface area contributed by atoms with Crippen molar-refractivity contribution in [3.8, 4) is 17.2 Å². The standard InChI is InChI=1S/C24H17ClN2O6S/c1-13-16(22(28)27(26-13)15-6-7-18(25)17(12-15)23(29)30)10-14-5-8-19(20(11-14)32-2)33-24(31)21-4-3-9-34-21/h3-12,26H,1H2,2H3,(H,29,30)/b16-10+. The molecule has 2 N–H and O–H groups in total. The van der Waals surface area contributed by atoms with Crippen molar-refractivity contribution in [2.75, 3.05) is 7.11 Å². The maximum absolute atomic E-state index is 13.0. The molecule has 4 aromatic rings. The normalized spacial score (nSPS) is 11.4. The number of aromatic amines is 1. The van der Waals surface area contributed by atoms with Crippen LogP contribution in [0.15, 0.2) is 58.7 Å². The van der Waals surface area contributed by atoms with Gasteiger partial charge in [0.25, 0.3) is 5.56 Å². The van der Waals surface area contributed by atoms with Crippen LogP contribution in [0.5, 0.6) is 11.5 Å². The van der Waals surface area contributed by atoms with Gasteiger partial charge in [0, 0.05) is 0 Å². The minimum absolute atomic E-state index is 0.0597. The first kappa shape index (κ1) is 23.1. The largest absolute Gasteiger partial charge is 0.493 e. The summed E-state index contributed by atoms with van der Waals surface area (Å²) in [5.41, 5.74) is 0.332. The molecule has 0 fully saturated rings. The van der Waals surface area contributed by atoms with Crippen LogP contribution in [0.1, 0.15) is 25.6 Å². The summed E-state index contributed by atoms with van der Waals surface area (Å²) in [5.74, 6) is -1.16. The summed E-state index contributed by atoms with van der Waals surface area (Å²) in [6.07, 6.45) is 1.60. The van der Waals surface area contributed by atoms with Crippen molar-refractivity contribution in [1.82, 2.24) is 9.78 Å². The third-order valence-corrected chi connectivity index (χ3v) is 6.05. The summed E-state index contributed by atoms with van der Waals surface area (Å²) in [6.45, 7) is 3.88. The van der Waals surface area contributed by atoms with Gasteiger partial charge in [-0.2, -0.15) is 0 Å².